The number of epoxide rings is 1. The molecule has 0 saturated carbocycles. The number of hydrogen-bond donors (Lipinski definition) is 2. The predicted octanol–water partition coefficient (Wildman–Crippen LogP) is 2.53. The van der Waals surface area contributed by atoms with Crippen LogP contribution in [-0.4, -0.2) is 25.2 Å². The van der Waals surface area contributed by atoms with Crippen LogP contribution in [0.1, 0.15) is 6.92 Å². The Morgan fingerprint density at radius 1 is 1.12 bits per heavy atom. The monoisotopic (exact) mass is 326 g/mol. The Labute approximate surface area is 139 Å². The second-order valence-electron chi connectivity index (χ2n) is 5.50. The number of hydrogen-bond acceptors (Lipinski definition) is 5. The Balaban J connectivity index is 1.69. The molecule has 1 fully saturated rings. The van der Waals surface area contributed by atoms with Crippen LogP contribution in [0.5, 0.6) is 5.75 Å². The van der Waals surface area contributed by atoms with Crippen LogP contribution < -0.4 is 20.8 Å². The van der Waals surface area contributed by atoms with Crippen LogP contribution >= 0.6 is 0 Å². The molecule has 1 saturated heterocycles. The van der Waals surface area contributed by atoms with Crippen molar-refractivity contribution in [1.29, 1.82) is 0 Å². The fourth-order valence-electron chi connectivity index (χ4n) is 2.10. The SMILES string of the molecule is CC(=O)Nc1ccc(Nc2ccc(OCC3CO3)cc2)c(=O)cc1. The van der Waals surface area contributed by atoms with Crippen molar-refractivity contribution in [3.05, 3.63) is 58.8 Å². The summed E-state index contributed by atoms with van der Waals surface area (Å²) in [5, 5.41) is 5.72. The summed E-state index contributed by atoms with van der Waals surface area (Å²) in [5.41, 5.74) is 1.59. The van der Waals surface area contributed by atoms with E-state index in [0.29, 0.717) is 18.0 Å². The highest BCUT2D eigenvalue weighted by atomic mass is 16.6. The van der Waals surface area contributed by atoms with Gasteiger partial charge in [0.15, 0.2) is 0 Å². The number of carbonyl (C=O) groups is 1. The molecule has 0 spiro atoms. The van der Waals surface area contributed by atoms with Crippen LogP contribution in [0, 0.1) is 0 Å². The van der Waals surface area contributed by atoms with Gasteiger partial charge in [-0.1, -0.05) is 0 Å². The van der Waals surface area contributed by atoms with E-state index in [2.05, 4.69) is 10.6 Å². The van der Waals surface area contributed by atoms with Crippen molar-refractivity contribution in [3.63, 3.8) is 0 Å². The maximum atomic E-state index is 12.1. The van der Waals surface area contributed by atoms with Gasteiger partial charge in [0.25, 0.3) is 0 Å². The van der Waals surface area contributed by atoms with Crippen LogP contribution in [0.4, 0.5) is 17.1 Å². The summed E-state index contributed by atoms with van der Waals surface area (Å²) in [6, 6.07) is 13.7. The maximum absolute atomic E-state index is 12.1. The standard InChI is InChI=1S/C18H18N2O4/c1-12(21)19-13-4-8-17(18(22)9-5-13)20-14-2-6-15(7-3-14)23-10-16-11-24-16/h2-9,16H,10-11H2,1H3,(H,19,21)(H,20,22). The van der Waals surface area contributed by atoms with Gasteiger partial charge in [0, 0.05) is 18.3 Å². The Morgan fingerprint density at radius 3 is 2.46 bits per heavy atom. The first-order valence-electron chi connectivity index (χ1n) is 7.63. The zero-order valence-corrected chi connectivity index (χ0v) is 13.2. The van der Waals surface area contributed by atoms with Crippen LogP contribution in [0.3, 0.4) is 0 Å². The molecule has 24 heavy (non-hydrogen) atoms. The van der Waals surface area contributed by atoms with Crippen molar-refractivity contribution in [3.8, 4) is 5.75 Å². The Bertz CT molecular complexity index is 786. The summed E-state index contributed by atoms with van der Waals surface area (Å²) in [4.78, 5) is 23.2. The van der Waals surface area contributed by atoms with Gasteiger partial charge in [-0.15, -0.1) is 0 Å². The summed E-state index contributed by atoms with van der Waals surface area (Å²) in [6.45, 7) is 2.73. The number of carbonyl (C=O) groups excluding carboxylic acids is 1. The fourth-order valence-corrected chi connectivity index (χ4v) is 2.10. The minimum Gasteiger partial charge on any atom is -0.491 e. The number of benzene rings is 1. The average molecular weight is 326 g/mol. The molecule has 2 aromatic rings. The van der Waals surface area contributed by atoms with Gasteiger partial charge in [-0.05, 0) is 48.5 Å². The molecule has 3 rings (SSSR count). The summed E-state index contributed by atoms with van der Waals surface area (Å²) in [5.74, 6) is 0.570. The molecule has 0 aromatic heterocycles. The molecule has 0 aliphatic carbocycles. The van der Waals surface area contributed by atoms with Gasteiger partial charge in [0.1, 0.15) is 18.5 Å². The summed E-state index contributed by atoms with van der Waals surface area (Å²) in [7, 11) is 0. The lowest BCUT2D eigenvalue weighted by Crippen LogP contribution is -2.05. The van der Waals surface area contributed by atoms with E-state index >= 15 is 0 Å². The molecule has 1 heterocycles. The second-order valence-corrected chi connectivity index (χ2v) is 5.50. The van der Waals surface area contributed by atoms with E-state index < -0.39 is 0 Å². The number of nitrogens with one attached hydrogen (secondary N) is 2. The average Bonchev–Trinajstić information content (AvgIpc) is 3.39. The van der Waals surface area contributed by atoms with Gasteiger partial charge in [0.05, 0.1) is 12.3 Å². The van der Waals surface area contributed by atoms with Gasteiger partial charge in [0.2, 0.25) is 11.3 Å². The first-order chi connectivity index (χ1) is 11.6. The lowest BCUT2D eigenvalue weighted by molar-refractivity contribution is -0.114. The largest absolute Gasteiger partial charge is 0.491 e. The van der Waals surface area contributed by atoms with E-state index in [9.17, 15) is 9.59 Å². The molecular formula is C18H18N2O4. The van der Waals surface area contributed by atoms with E-state index in [0.717, 1.165) is 18.0 Å². The molecule has 0 radical (unpaired) electrons. The number of anilines is 3. The minimum absolute atomic E-state index is 0.169. The topological polar surface area (TPSA) is 80.0 Å². The highest BCUT2D eigenvalue weighted by molar-refractivity contribution is 5.88. The molecule has 1 aliphatic rings. The van der Waals surface area contributed by atoms with E-state index in [1.807, 2.05) is 24.3 Å². The van der Waals surface area contributed by atoms with Crippen molar-refractivity contribution in [2.75, 3.05) is 23.8 Å². The molecule has 124 valence electrons. The van der Waals surface area contributed by atoms with Crippen LogP contribution in [0.25, 0.3) is 0 Å². The number of rotatable bonds is 6. The van der Waals surface area contributed by atoms with E-state index in [-0.39, 0.29) is 17.4 Å². The summed E-state index contributed by atoms with van der Waals surface area (Å²) < 4.78 is 10.7. The molecule has 2 N–H and O–H groups in total. The van der Waals surface area contributed by atoms with Gasteiger partial charge in [-0.25, -0.2) is 0 Å². The van der Waals surface area contributed by atoms with Crippen molar-refractivity contribution in [2.24, 2.45) is 0 Å². The molecular weight excluding hydrogens is 308 g/mol. The van der Waals surface area contributed by atoms with Gasteiger partial charge < -0.3 is 20.1 Å². The molecule has 2 aromatic carbocycles. The van der Waals surface area contributed by atoms with Gasteiger partial charge in [-0.2, -0.15) is 0 Å². The third-order valence-electron chi connectivity index (χ3n) is 3.40. The van der Waals surface area contributed by atoms with Gasteiger partial charge in [-0.3, -0.25) is 9.59 Å². The molecule has 0 bridgehead atoms. The predicted molar refractivity (Wildman–Crippen MR) is 92.0 cm³/mol. The van der Waals surface area contributed by atoms with Crippen LogP contribution in [0.2, 0.25) is 0 Å². The first kappa shape index (κ1) is 16.0. The molecule has 1 unspecified atom stereocenters. The smallest absolute Gasteiger partial charge is 0.221 e. The zero-order valence-electron chi connectivity index (χ0n) is 13.2. The normalized spacial score (nSPS) is 15.5. The molecule has 1 amide bonds. The van der Waals surface area contributed by atoms with Crippen LogP contribution in [-0.2, 0) is 9.53 Å². The third kappa shape index (κ3) is 4.57. The Kier molecular flexibility index (Phi) is 4.77. The molecule has 1 atom stereocenters. The van der Waals surface area contributed by atoms with Crippen LogP contribution in [0.15, 0.2) is 53.3 Å². The highest BCUT2D eigenvalue weighted by Gasteiger charge is 2.22. The minimum atomic E-state index is -0.185. The lowest BCUT2D eigenvalue weighted by Gasteiger charge is -2.07. The highest BCUT2D eigenvalue weighted by Crippen LogP contribution is 2.20. The fraction of sp³-hybridized carbons (Fsp3) is 0.222. The third-order valence-corrected chi connectivity index (χ3v) is 3.40. The Morgan fingerprint density at radius 2 is 1.79 bits per heavy atom. The van der Waals surface area contributed by atoms with Crippen molar-refractivity contribution in [2.45, 2.75) is 13.0 Å². The van der Waals surface area contributed by atoms with Crippen molar-refractivity contribution < 1.29 is 14.3 Å². The first-order valence-corrected chi connectivity index (χ1v) is 7.63. The lowest BCUT2D eigenvalue weighted by atomic mass is 10.3. The maximum Gasteiger partial charge on any atom is 0.221 e. The number of amides is 1. The van der Waals surface area contributed by atoms with E-state index in [1.54, 1.807) is 18.2 Å². The molecule has 1 aliphatic heterocycles. The van der Waals surface area contributed by atoms with Crippen molar-refractivity contribution >= 4 is 23.0 Å². The van der Waals surface area contributed by atoms with Gasteiger partial charge >= 0.3 is 0 Å². The molecule has 6 heteroatoms. The second kappa shape index (κ2) is 7.14. The zero-order chi connectivity index (χ0) is 16.9. The summed E-state index contributed by atoms with van der Waals surface area (Å²) >= 11 is 0. The Hall–Kier alpha value is -2.86. The van der Waals surface area contributed by atoms with E-state index in [1.165, 1.54) is 13.0 Å². The van der Waals surface area contributed by atoms with Crippen molar-refractivity contribution in [1.82, 2.24) is 0 Å². The number of ether oxygens (including phenoxy) is 2. The quantitative estimate of drug-likeness (QED) is 0.797. The molecule has 6 nitrogen and oxygen atoms in total. The summed E-state index contributed by atoms with van der Waals surface area (Å²) in [6.07, 6.45) is 0.216. The van der Waals surface area contributed by atoms with E-state index in [4.69, 9.17) is 9.47 Å².